The maximum Gasteiger partial charge on any atom is 0.305 e. The van der Waals surface area contributed by atoms with E-state index in [1.54, 1.807) is 7.05 Å². The Kier molecular flexibility index (Phi) is 3.91. The zero-order chi connectivity index (χ0) is 12.3. The molecule has 0 bridgehead atoms. The van der Waals surface area contributed by atoms with Gasteiger partial charge < -0.3 is 15.7 Å². The van der Waals surface area contributed by atoms with Crippen molar-refractivity contribution in [3.05, 3.63) is 0 Å². The van der Waals surface area contributed by atoms with Crippen molar-refractivity contribution in [2.75, 3.05) is 13.6 Å². The van der Waals surface area contributed by atoms with Gasteiger partial charge in [0.2, 0.25) is 5.91 Å². The predicted octanol–water partition coefficient (Wildman–Crippen LogP) is 0.437. The van der Waals surface area contributed by atoms with Gasteiger partial charge >= 0.3 is 5.97 Å². The van der Waals surface area contributed by atoms with Crippen LogP contribution in [-0.2, 0) is 9.59 Å². The van der Waals surface area contributed by atoms with Crippen LogP contribution in [0.15, 0.2) is 0 Å². The number of nitrogens with two attached hydrogens (primary N) is 1. The lowest BCUT2D eigenvalue weighted by atomic mass is 9.83. The van der Waals surface area contributed by atoms with Gasteiger partial charge in [0.05, 0.1) is 11.8 Å². The number of carboxylic acid groups (broad SMARTS) is 1. The summed E-state index contributed by atoms with van der Waals surface area (Å²) < 4.78 is 0. The Morgan fingerprint density at radius 3 is 2.62 bits per heavy atom. The third-order valence-corrected chi connectivity index (χ3v) is 3.53. The Morgan fingerprint density at radius 1 is 1.56 bits per heavy atom. The summed E-state index contributed by atoms with van der Waals surface area (Å²) in [4.78, 5) is 24.1. The molecule has 2 unspecified atom stereocenters. The lowest BCUT2D eigenvalue weighted by Gasteiger charge is -2.32. The van der Waals surface area contributed by atoms with Crippen molar-refractivity contribution in [1.82, 2.24) is 4.90 Å². The molecule has 16 heavy (non-hydrogen) atoms. The Bertz CT molecular complexity index is 293. The fourth-order valence-electron chi connectivity index (χ4n) is 2.26. The van der Waals surface area contributed by atoms with Crippen molar-refractivity contribution in [3.63, 3.8) is 0 Å². The standard InChI is InChI=1S/C11H20N2O3/c1-11(6-3-4-8(11)12)10(16)13(2)7-5-9(14)15/h8H,3-7,12H2,1-2H3,(H,14,15). The number of aliphatic carboxylic acids is 1. The first-order chi connectivity index (χ1) is 7.38. The highest BCUT2D eigenvalue weighted by Gasteiger charge is 2.44. The zero-order valence-electron chi connectivity index (χ0n) is 9.90. The second kappa shape index (κ2) is 4.82. The number of hydrogen-bond acceptors (Lipinski definition) is 3. The van der Waals surface area contributed by atoms with E-state index in [4.69, 9.17) is 10.8 Å². The molecule has 0 aromatic rings. The van der Waals surface area contributed by atoms with Gasteiger partial charge in [-0.25, -0.2) is 0 Å². The van der Waals surface area contributed by atoms with Gasteiger partial charge in [-0.05, 0) is 19.8 Å². The Morgan fingerprint density at radius 2 is 2.19 bits per heavy atom. The lowest BCUT2D eigenvalue weighted by Crippen LogP contribution is -2.48. The normalized spacial score (nSPS) is 29.1. The monoisotopic (exact) mass is 228 g/mol. The van der Waals surface area contributed by atoms with Crippen molar-refractivity contribution in [3.8, 4) is 0 Å². The van der Waals surface area contributed by atoms with Crippen LogP contribution in [0.1, 0.15) is 32.6 Å². The molecule has 1 aliphatic carbocycles. The molecule has 0 aromatic heterocycles. The minimum atomic E-state index is -0.888. The van der Waals surface area contributed by atoms with E-state index >= 15 is 0 Å². The van der Waals surface area contributed by atoms with E-state index in [0.29, 0.717) is 0 Å². The van der Waals surface area contributed by atoms with Crippen LogP contribution >= 0.6 is 0 Å². The molecule has 1 saturated carbocycles. The maximum absolute atomic E-state index is 12.1. The molecular formula is C11H20N2O3. The summed E-state index contributed by atoms with van der Waals surface area (Å²) in [5.74, 6) is -0.917. The van der Waals surface area contributed by atoms with Crippen molar-refractivity contribution in [1.29, 1.82) is 0 Å². The van der Waals surface area contributed by atoms with Crippen molar-refractivity contribution < 1.29 is 14.7 Å². The first-order valence-electron chi connectivity index (χ1n) is 5.61. The van der Waals surface area contributed by atoms with Gasteiger partial charge in [0, 0.05) is 19.6 Å². The molecule has 1 fully saturated rings. The van der Waals surface area contributed by atoms with Crippen molar-refractivity contribution in [2.24, 2.45) is 11.1 Å². The second-order valence-corrected chi connectivity index (χ2v) is 4.79. The van der Waals surface area contributed by atoms with Crippen LogP contribution < -0.4 is 5.73 Å². The minimum Gasteiger partial charge on any atom is -0.481 e. The molecule has 0 heterocycles. The largest absolute Gasteiger partial charge is 0.481 e. The van der Waals surface area contributed by atoms with E-state index < -0.39 is 11.4 Å². The Balaban J connectivity index is 2.59. The third kappa shape index (κ3) is 2.52. The molecule has 3 N–H and O–H groups in total. The summed E-state index contributed by atoms with van der Waals surface area (Å²) in [6.45, 7) is 2.13. The number of nitrogens with zero attached hydrogens (tertiary/aromatic N) is 1. The first-order valence-corrected chi connectivity index (χ1v) is 5.61. The van der Waals surface area contributed by atoms with Crippen LogP contribution in [0.25, 0.3) is 0 Å². The maximum atomic E-state index is 12.1. The van der Waals surface area contributed by atoms with Crippen LogP contribution in [0.2, 0.25) is 0 Å². The molecule has 1 rings (SSSR count). The highest BCUT2D eigenvalue weighted by atomic mass is 16.4. The van der Waals surface area contributed by atoms with Gasteiger partial charge in [-0.1, -0.05) is 6.42 Å². The molecule has 1 aliphatic rings. The fourth-order valence-corrected chi connectivity index (χ4v) is 2.26. The predicted molar refractivity (Wildman–Crippen MR) is 59.8 cm³/mol. The van der Waals surface area contributed by atoms with E-state index in [0.717, 1.165) is 19.3 Å². The van der Waals surface area contributed by atoms with E-state index in [2.05, 4.69) is 0 Å². The van der Waals surface area contributed by atoms with E-state index in [1.165, 1.54) is 4.90 Å². The minimum absolute atomic E-state index is 0.0203. The van der Waals surface area contributed by atoms with Gasteiger partial charge in [-0.15, -0.1) is 0 Å². The summed E-state index contributed by atoms with van der Waals surface area (Å²) in [6, 6.07) is -0.104. The van der Waals surface area contributed by atoms with E-state index in [-0.39, 0.29) is 24.9 Å². The molecular weight excluding hydrogens is 208 g/mol. The van der Waals surface area contributed by atoms with Crippen LogP contribution in [0.5, 0.6) is 0 Å². The topological polar surface area (TPSA) is 83.6 Å². The number of carboxylic acids is 1. The number of carbonyl (C=O) groups is 2. The molecule has 2 atom stereocenters. The van der Waals surface area contributed by atoms with E-state index in [9.17, 15) is 9.59 Å². The van der Waals surface area contributed by atoms with Crippen molar-refractivity contribution >= 4 is 11.9 Å². The SMILES string of the molecule is CN(CCC(=O)O)C(=O)C1(C)CCCC1N. The number of amides is 1. The second-order valence-electron chi connectivity index (χ2n) is 4.79. The average molecular weight is 228 g/mol. The van der Waals surface area contributed by atoms with Crippen LogP contribution in [0, 0.1) is 5.41 Å². The molecule has 0 spiro atoms. The number of carbonyl (C=O) groups excluding carboxylic acids is 1. The zero-order valence-corrected chi connectivity index (χ0v) is 9.90. The molecule has 0 aliphatic heterocycles. The first kappa shape index (κ1) is 13.0. The molecule has 92 valence electrons. The summed E-state index contributed by atoms with van der Waals surface area (Å²) in [5, 5.41) is 8.56. The highest BCUT2D eigenvalue weighted by Crippen LogP contribution is 2.38. The average Bonchev–Trinajstić information content (AvgIpc) is 2.56. The quantitative estimate of drug-likeness (QED) is 0.731. The smallest absolute Gasteiger partial charge is 0.305 e. The number of rotatable bonds is 4. The number of hydrogen-bond donors (Lipinski definition) is 2. The molecule has 5 nitrogen and oxygen atoms in total. The molecule has 1 amide bonds. The van der Waals surface area contributed by atoms with Gasteiger partial charge in [0.1, 0.15) is 0 Å². The summed E-state index contributed by atoms with van der Waals surface area (Å²) in [5.41, 5.74) is 5.44. The van der Waals surface area contributed by atoms with Crippen LogP contribution in [0.3, 0.4) is 0 Å². The summed E-state index contributed by atoms with van der Waals surface area (Å²) >= 11 is 0. The van der Waals surface area contributed by atoms with Gasteiger partial charge in [0.15, 0.2) is 0 Å². The Labute approximate surface area is 95.6 Å². The van der Waals surface area contributed by atoms with Crippen LogP contribution in [0.4, 0.5) is 0 Å². The van der Waals surface area contributed by atoms with Gasteiger partial charge in [-0.3, -0.25) is 9.59 Å². The molecule has 0 radical (unpaired) electrons. The summed E-state index contributed by atoms with van der Waals surface area (Å²) in [7, 11) is 1.64. The van der Waals surface area contributed by atoms with Gasteiger partial charge in [0.25, 0.3) is 0 Å². The Hall–Kier alpha value is -1.10. The van der Waals surface area contributed by atoms with Gasteiger partial charge in [-0.2, -0.15) is 0 Å². The van der Waals surface area contributed by atoms with E-state index in [1.807, 2.05) is 6.92 Å². The molecule has 0 aromatic carbocycles. The molecule has 5 heteroatoms. The molecule has 0 saturated heterocycles. The summed E-state index contributed by atoms with van der Waals surface area (Å²) in [6.07, 6.45) is 2.61. The third-order valence-electron chi connectivity index (χ3n) is 3.53. The fraction of sp³-hybridized carbons (Fsp3) is 0.818. The lowest BCUT2D eigenvalue weighted by molar-refractivity contribution is -0.142. The van der Waals surface area contributed by atoms with Crippen molar-refractivity contribution in [2.45, 2.75) is 38.6 Å². The van der Waals surface area contributed by atoms with Crippen LogP contribution in [-0.4, -0.2) is 41.5 Å². The highest BCUT2D eigenvalue weighted by molar-refractivity contribution is 5.83.